The number of hydrogen-bond donors (Lipinski definition) is 0. The fraction of sp³-hybridized carbons (Fsp3) is 0.0625. The van der Waals surface area contributed by atoms with Gasteiger partial charge in [0.05, 0.1) is 0 Å². The Labute approximate surface area is 102 Å². The molecule has 0 fully saturated rings. The molecular weight excluding hydrogens is 208 g/mol. The van der Waals surface area contributed by atoms with Crippen molar-refractivity contribution in [1.82, 2.24) is 0 Å². The molecule has 2 aromatic carbocycles. The van der Waals surface area contributed by atoms with Crippen molar-refractivity contribution in [3.63, 3.8) is 0 Å². The van der Waals surface area contributed by atoms with Gasteiger partial charge < -0.3 is 4.74 Å². The van der Waals surface area contributed by atoms with E-state index in [1.165, 1.54) is 0 Å². The third kappa shape index (κ3) is 4.02. The SMILES string of the molecule is C(=CCOc1ccccc1)=Cc1ccccc1. The van der Waals surface area contributed by atoms with Crippen LogP contribution in [-0.2, 0) is 0 Å². The first kappa shape index (κ1) is 11.3. The van der Waals surface area contributed by atoms with Gasteiger partial charge in [0.1, 0.15) is 12.4 Å². The molecule has 0 radical (unpaired) electrons. The second-order valence-corrected chi connectivity index (χ2v) is 3.55. The molecule has 17 heavy (non-hydrogen) atoms. The topological polar surface area (TPSA) is 9.23 Å². The van der Waals surface area contributed by atoms with E-state index in [0.29, 0.717) is 6.61 Å². The molecule has 0 unspecified atom stereocenters. The van der Waals surface area contributed by atoms with Crippen molar-refractivity contribution in [3.05, 3.63) is 78.0 Å². The van der Waals surface area contributed by atoms with Crippen LogP contribution in [0.1, 0.15) is 5.56 Å². The van der Waals surface area contributed by atoms with Gasteiger partial charge in [0.15, 0.2) is 0 Å². The minimum absolute atomic E-state index is 0.535. The van der Waals surface area contributed by atoms with Gasteiger partial charge in [0, 0.05) is 0 Å². The summed E-state index contributed by atoms with van der Waals surface area (Å²) in [4.78, 5) is 0. The van der Waals surface area contributed by atoms with Crippen LogP contribution < -0.4 is 4.74 Å². The molecule has 1 nitrogen and oxygen atoms in total. The van der Waals surface area contributed by atoms with Crippen molar-refractivity contribution in [2.45, 2.75) is 0 Å². The summed E-state index contributed by atoms with van der Waals surface area (Å²) in [6, 6.07) is 19.9. The van der Waals surface area contributed by atoms with E-state index in [-0.39, 0.29) is 0 Å². The van der Waals surface area contributed by atoms with Gasteiger partial charge in [-0.05, 0) is 29.8 Å². The fourth-order valence-electron chi connectivity index (χ4n) is 1.41. The van der Waals surface area contributed by atoms with Crippen molar-refractivity contribution < 1.29 is 4.74 Å². The molecule has 0 aromatic heterocycles. The Bertz CT molecular complexity index is 494. The van der Waals surface area contributed by atoms with Crippen LogP contribution in [0.2, 0.25) is 0 Å². The fourth-order valence-corrected chi connectivity index (χ4v) is 1.41. The Morgan fingerprint density at radius 1 is 0.882 bits per heavy atom. The minimum Gasteiger partial charge on any atom is -0.489 e. The molecule has 0 saturated carbocycles. The second-order valence-electron chi connectivity index (χ2n) is 3.55. The first-order valence-corrected chi connectivity index (χ1v) is 5.59. The van der Waals surface area contributed by atoms with E-state index in [1.54, 1.807) is 0 Å². The molecule has 0 aliphatic heterocycles. The van der Waals surface area contributed by atoms with Crippen LogP contribution in [-0.4, -0.2) is 6.61 Å². The summed E-state index contributed by atoms with van der Waals surface area (Å²) in [5, 5.41) is 0. The maximum atomic E-state index is 5.51. The van der Waals surface area contributed by atoms with Gasteiger partial charge in [-0.15, -0.1) is 5.73 Å². The molecule has 84 valence electrons. The van der Waals surface area contributed by atoms with E-state index >= 15 is 0 Å². The van der Waals surface area contributed by atoms with E-state index in [1.807, 2.05) is 72.8 Å². The van der Waals surface area contributed by atoms with Crippen molar-refractivity contribution >= 4 is 6.08 Å². The van der Waals surface area contributed by atoms with Crippen LogP contribution in [0.4, 0.5) is 0 Å². The van der Waals surface area contributed by atoms with E-state index in [9.17, 15) is 0 Å². The molecular formula is C16H14O. The molecule has 0 N–H and O–H groups in total. The number of ether oxygens (including phenoxy) is 1. The van der Waals surface area contributed by atoms with Gasteiger partial charge in [-0.25, -0.2) is 0 Å². The minimum atomic E-state index is 0.535. The lowest BCUT2D eigenvalue weighted by atomic mass is 10.2. The highest BCUT2D eigenvalue weighted by molar-refractivity contribution is 5.47. The van der Waals surface area contributed by atoms with Crippen LogP contribution >= 0.6 is 0 Å². The molecule has 2 aromatic rings. The van der Waals surface area contributed by atoms with Crippen molar-refractivity contribution in [1.29, 1.82) is 0 Å². The summed E-state index contributed by atoms with van der Waals surface area (Å²) >= 11 is 0. The van der Waals surface area contributed by atoms with Gasteiger partial charge in [-0.3, -0.25) is 0 Å². The van der Waals surface area contributed by atoms with Gasteiger partial charge in [0.2, 0.25) is 0 Å². The molecule has 1 heteroatoms. The summed E-state index contributed by atoms with van der Waals surface area (Å²) in [6.07, 6.45) is 3.81. The Morgan fingerprint density at radius 3 is 2.24 bits per heavy atom. The van der Waals surface area contributed by atoms with Crippen LogP contribution in [0.25, 0.3) is 6.08 Å². The lowest BCUT2D eigenvalue weighted by molar-refractivity contribution is 0.363. The summed E-state index contributed by atoms with van der Waals surface area (Å²) in [5.41, 5.74) is 4.24. The van der Waals surface area contributed by atoms with Crippen LogP contribution in [0.5, 0.6) is 5.75 Å². The average Bonchev–Trinajstić information content (AvgIpc) is 2.41. The first-order chi connectivity index (χ1) is 8.45. The highest BCUT2D eigenvalue weighted by Crippen LogP contribution is 2.07. The number of benzene rings is 2. The maximum Gasteiger partial charge on any atom is 0.119 e. The predicted molar refractivity (Wildman–Crippen MR) is 70.9 cm³/mol. The highest BCUT2D eigenvalue weighted by atomic mass is 16.5. The van der Waals surface area contributed by atoms with E-state index < -0.39 is 0 Å². The van der Waals surface area contributed by atoms with E-state index in [4.69, 9.17) is 4.74 Å². The monoisotopic (exact) mass is 222 g/mol. The molecule has 2 rings (SSSR count). The van der Waals surface area contributed by atoms with E-state index in [2.05, 4.69) is 5.73 Å². The highest BCUT2D eigenvalue weighted by Gasteiger charge is 1.86. The first-order valence-electron chi connectivity index (χ1n) is 5.59. The average molecular weight is 222 g/mol. The smallest absolute Gasteiger partial charge is 0.119 e. The molecule has 0 saturated heterocycles. The van der Waals surface area contributed by atoms with Gasteiger partial charge in [-0.2, -0.15) is 0 Å². The standard InChI is InChI=1S/C16H14O/c1-3-9-15(10-4-1)11-7-8-14-17-16-12-5-2-6-13-16/h1-6,8-13H,14H2. The van der Waals surface area contributed by atoms with Gasteiger partial charge in [0.25, 0.3) is 0 Å². The molecule has 0 spiro atoms. The van der Waals surface area contributed by atoms with Crippen molar-refractivity contribution in [2.75, 3.05) is 6.61 Å². The Kier molecular flexibility index (Phi) is 4.21. The zero-order valence-electron chi connectivity index (χ0n) is 9.54. The zero-order valence-corrected chi connectivity index (χ0v) is 9.54. The number of para-hydroxylation sites is 1. The van der Waals surface area contributed by atoms with E-state index in [0.717, 1.165) is 11.3 Å². The molecule has 0 aliphatic rings. The third-order valence-electron chi connectivity index (χ3n) is 2.24. The number of rotatable bonds is 4. The van der Waals surface area contributed by atoms with Crippen LogP contribution in [0.15, 0.2) is 72.5 Å². The third-order valence-corrected chi connectivity index (χ3v) is 2.24. The summed E-state index contributed by atoms with van der Waals surface area (Å²) < 4.78 is 5.51. The second kappa shape index (κ2) is 6.37. The summed E-state index contributed by atoms with van der Waals surface area (Å²) in [7, 11) is 0. The summed E-state index contributed by atoms with van der Waals surface area (Å²) in [6.45, 7) is 0.535. The van der Waals surface area contributed by atoms with Crippen LogP contribution in [0.3, 0.4) is 0 Å². The van der Waals surface area contributed by atoms with Gasteiger partial charge >= 0.3 is 0 Å². The number of hydrogen-bond acceptors (Lipinski definition) is 1. The Morgan fingerprint density at radius 2 is 1.53 bits per heavy atom. The summed E-state index contributed by atoms with van der Waals surface area (Å²) in [5.74, 6) is 0.880. The van der Waals surface area contributed by atoms with Crippen LogP contribution in [0, 0.1) is 0 Å². The largest absolute Gasteiger partial charge is 0.489 e. The Hall–Kier alpha value is -2.24. The lowest BCUT2D eigenvalue weighted by Gasteiger charge is -2.00. The Balaban J connectivity index is 1.85. The normalized spacial score (nSPS) is 9.18. The van der Waals surface area contributed by atoms with Crippen molar-refractivity contribution in [3.8, 4) is 5.75 Å². The molecule has 0 aliphatic carbocycles. The lowest BCUT2D eigenvalue weighted by Crippen LogP contribution is -1.91. The van der Waals surface area contributed by atoms with Gasteiger partial charge in [-0.1, -0.05) is 48.5 Å². The molecule has 0 heterocycles. The maximum absolute atomic E-state index is 5.51. The molecule has 0 atom stereocenters. The zero-order chi connectivity index (χ0) is 11.8. The van der Waals surface area contributed by atoms with Crippen molar-refractivity contribution in [2.24, 2.45) is 0 Å². The molecule has 0 amide bonds. The predicted octanol–water partition coefficient (Wildman–Crippen LogP) is 3.93. The quantitative estimate of drug-likeness (QED) is 0.712. The molecule has 0 bridgehead atoms.